The molecule has 0 N–H and O–H groups in total. The zero-order valence-electron chi connectivity index (χ0n) is 6.25. The van der Waals surface area contributed by atoms with E-state index in [0.717, 1.165) is 20.0 Å². The van der Waals surface area contributed by atoms with Crippen molar-refractivity contribution in [3.8, 4) is 0 Å². The highest BCUT2D eigenvalue weighted by Crippen LogP contribution is 2.28. The van der Waals surface area contributed by atoms with Crippen molar-refractivity contribution in [2.24, 2.45) is 7.05 Å². The van der Waals surface area contributed by atoms with E-state index < -0.39 is 0 Å². The summed E-state index contributed by atoms with van der Waals surface area (Å²) in [6, 6.07) is 0. The smallest absolute Gasteiger partial charge is 0.158 e. The second kappa shape index (κ2) is 2.81. The second-order valence-electron chi connectivity index (χ2n) is 2.43. The maximum Gasteiger partial charge on any atom is 0.158 e. The first-order valence-electron chi connectivity index (χ1n) is 3.32. The maximum absolute atomic E-state index is 4.22. The van der Waals surface area contributed by atoms with Crippen LogP contribution in [0.1, 0.15) is 0 Å². The van der Waals surface area contributed by atoms with Gasteiger partial charge in [-0.05, 0) is 31.9 Å². The molecular weight excluding hydrogens is 286 g/mol. The highest BCUT2D eigenvalue weighted by Gasteiger charge is 2.06. The molecule has 2 rings (SSSR count). The minimum absolute atomic E-state index is 0.880. The first kappa shape index (κ1) is 8.19. The summed E-state index contributed by atoms with van der Waals surface area (Å²) < 4.78 is 3.69. The summed E-state index contributed by atoms with van der Waals surface area (Å²) >= 11 is 6.83. The van der Waals surface area contributed by atoms with Gasteiger partial charge in [0.2, 0.25) is 0 Å². The van der Waals surface area contributed by atoms with Crippen LogP contribution in [0.5, 0.6) is 0 Å². The SMILES string of the molecule is Cn1ncc2c(Br)c(Br)cnc21. The van der Waals surface area contributed by atoms with Gasteiger partial charge in [-0.2, -0.15) is 5.10 Å². The molecule has 62 valence electrons. The fourth-order valence-corrected chi connectivity index (χ4v) is 1.74. The Morgan fingerprint density at radius 2 is 2.08 bits per heavy atom. The van der Waals surface area contributed by atoms with E-state index in [2.05, 4.69) is 41.9 Å². The Kier molecular flexibility index (Phi) is 1.92. The number of fused-ring (bicyclic) bond motifs is 1. The molecule has 2 aromatic heterocycles. The lowest BCUT2D eigenvalue weighted by Crippen LogP contribution is -1.91. The van der Waals surface area contributed by atoms with E-state index in [1.807, 2.05) is 7.05 Å². The molecule has 0 aliphatic carbocycles. The van der Waals surface area contributed by atoms with Crippen LogP contribution in [0.2, 0.25) is 0 Å². The van der Waals surface area contributed by atoms with Crippen LogP contribution in [0.4, 0.5) is 0 Å². The van der Waals surface area contributed by atoms with Gasteiger partial charge in [-0.1, -0.05) is 0 Å². The van der Waals surface area contributed by atoms with Gasteiger partial charge >= 0.3 is 0 Å². The summed E-state index contributed by atoms with van der Waals surface area (Å²) in [7, 11) is 1.87. The molecule has 0 aliphatic heterocycles. The molecule has 2 aromatic rings. The standard InChI is InChI=1S/C7H5Br2N3/c1-12-7-4(2-11-12)6(9)5(8)3-10-7/h2-3H,1H3. The van der Waals surface area contributed by atoms with Crippen LogP contribution < -0.4 is 0 Å². The lowest BCUT2D eigenvalue weighted by molar-refractivity contribution is 0.786. The van der Waals surface area contributed by atoms with E-state index >= 15 is 0 Å². The number of rotatable bonds is 0. The quantitative estimate of drug-likeness (QED) is 0.746. The molecule has 5 heteroatoms. The molecule has 0 saturated heterocycles. The molecule has 0 radical (unpaired) electrons. The van der Waals surface area contributed by atoms with Crippen LogP contribution in [0.25, 0.3) is 11.0 Å². The van der Waals surface area contributed by atoms with Crippen LogP contribution in [0, 0.1) is 0 Å². The van der Waals surface area contributed by atoms with Gasteiger partial charge in [0.25, 0.3) is 0 Å². The van der Waals surface area contributed by atoms with Crippen molar-refractivity contribution >= 4 is 42.9 Å². The van der Waals surface area contributed by atoms with Crippen molar-refractivity contribution in [1.29, 1.82) is 0 Å². The average molecular weight is 291 g/mol. The third-order valence-electron chi connectivity index (χ3n) is 1.65. The number of pyridine rings is 1. The number of aromatic nitrogens is 3. The van der Waals surface area contributed by atoms with Crippen molar-refractivity contribution in [2.45, 2.75) is 0 Å². The summed E-state index contributed by atoms with van der Waals surface area (Å²) in [5, 5.41) is 5.12. The van der Waals surface area contributed by atoms with Gasteiger partial charge in [-0.15, -0.1) is 0 Å². The van der Waals surface area contributed by atoms with Gasteiger partial charge in [0.05, 0.1) is 16.1 Å². The number of hydrogen-bond acceptors (Lipinski definition) is 2. The Bertz CT molecular complexity index is 435. The Morgan fingerprint density at radius 3 is 2.83 bits per heavy atom. The number of nitrogens with zero attached hydrogens (tertiary/aromatic N) is 3. The van der Waals surface area contributed by atoms with Crippen LogP contribution >= 0.6 is 31.9 Å². The van der Waals surface area contributed by atoms with E-state index in [0.29, 0.717) is 0 Å². The fraction of sp³-hybridized carbons (Fsp3) is 0.143. The summed E-state index contributed by atoms with van der Waals surface area (Å²) in [4.78, 5) is 4.22. The van der Waals surface area contributed by atoms with Gasteiger partial charge in [-0.25, -0.2) is 4.98 Å². The van der Waals surface area contributed by atoms with E-state index in [1.54, 1.807) is 17.1 Å². The van der Waals surface area contributed by atoms with Crippen molar-refractivity contribution in [1.82, 2.24) is 14.8 Å². The predicted molar refractivity (Wildman–Crippen MR) is 53.9 cm³/mol. The molecule has 3 nitrogen and oxygen atoms in total. The number of hydrogen-bond donors (Lipinski definition) is 0. The second-order valence-corrected chi connectivity index (χ2v) is 4.07. The van der Waals surface area contributed by atoms with Crippen LogP contribution in [-0.4, -0.2) is 14.8 Å². The van der Waals surface area contributed by atoms with Crippen molar-refractivity contribution in [2.75, 3.05) is 0 Å². The molecule has 0 aliphatic rings. The van der Waals surface area contributed by atoms with E-state index in [-0.39, 0.29) is 0 Å². The Labute approximate surface area is 86.0 Å². The van der Waals surface area contributed by atoms with Crippen molar-refractivity contribution in [3.63, 3.8) is 0 Å². The first-order valence-corrected chi connectivity index (χ1v) is 4.90. The summed E-state index contributed by atoms with van der Waals surface area (Å²) in [5.74, 6) is 0. The largest absolute Gasteiger partial charge is 0.250 e. The zero-order valence-corrected chi connectivity index (χ0v) is 9.42. The van der Waals surface area contributed by atoms with Gasteiger partial charge in [0.1, 0.15) is 0 Å². The normalized spacial score (nSPS) is 10.9. The topological polar surface area (TPSA) is 30.7 Å². The van der Waals surface area contributed by atoms with E-state index in [9.17, 15) is 0 Å². The molecule has 0 saturated carbocycles. The van der Waals surface area contributed by atoms with E-state index in [4.69, 9.17) is 0 Å². The van der Waals surface area contributed by atoms with E-state index in [1.165, 1.54) is 0 Å². The molecule has 12 heavy (non-hydrogen) atoms. The summed E-state index contributed by atoms with van der Waals surface area (Å²) in [6.07, 6.45) is 3.55. The Balaban J connectivity index is 2.93. The third kappa shape index (κ3) is 1.08. The molecule has 0 unspecified atom stereocenters. The van der Waals surface area contributed by atoms with Crippen LogP contribution in [0.15, 0.2) is 21.3 Å². The van der Waals surface area contributed by atoms with Gasteiger partial charge < -0.3 is 0 Å². The molecule has 0 aromatic carbocycles. The lowest BCUT2D eigenvalue weighted by Gasteiger charge is -1.96. The summed E-state index contributed by atoms with van der Waals surface area (Å²) in [5.41, 5.74) is 0.880. The highest BCUT2D eigenvalue weighted by atomic mass is 79.9. The molecule has 0 fully saturated rings. The Morgan fingerprint density at radius 1 is 1.33 bits per heavy atom. The molecular formula is C7H5Br2N3. The van der Waals surface area contributed by atoms with Crippen molar-refractivity contribution < 1.29 is 0 Å². The third-order valence-corrected chi connectivity index (χ3v) is 3.64. The maximum atomic E-state index is 4.22. The highest BCUT2D eigenvalue weighted by molar-refractivity contribution is 9.13. The van der Waals surface area contributed by atoms with Gasteiger partial charge in [0, 0.05) is 17.7 Å². The Hall–Kier alpha value is -0.420. The first-order chi connectivity index (χ1) is 5.70. The molecule has 0 bridgehead atoms. The zero-order chi connectivity index (χ0) is 8.72. The predicted octanol–water partition coefficient (Wildman–Crippen LogP) is 2.49. The number of aryl methyl sites for hydroxylation is 1. The molecule has 0 spiro atoms. The fourth-order valence-electron chi connectivity index (χ4n) is 1.04. The van der Waals surface area contributed by atoms with Crippen molar-refractivity contribution in [3.05, 3.63) is 21.3 Å². The molecule has 0 atom stereocenters. The van der Waals surface area contributed by atoms with Crippen LogP contribution in [0.3, 0.4) is 0 Å². The van der Waals surface area contributed by atoms with Gasteiger partial charge in [0.15, 0.2) is 5.65 Å². The monoisotopic (exact) mass is 289 g/mol. The average Bonchev–Trinajstić information content (AvgIpc) is 2.41. The minimum Gasteiger partial charge on any atom is -0.250 e. The number of halogens is 2. The van der Waals surface area contributed by atoms with Gasteiger partial charge in [-0.3, -0.25) is 4.68 Å². The lowest BCUT2D eigenvalue weighted by atomic mass is 10.4. The summed E-state index contributed by atoms with van der Waals surface area (Å²) in [6.45, 7) is 0. The molecule has 2 heterocycles. The van der Waals surface area contributed by atoms with Crippen LogP contribution in [-0.2, 0) is 7.05 Å². The molecule has 0 amide bonds. The minimum atomic E-state index is 0.880.